The van der Waals surface area contributed by atoms with E-state index in [0.29, 0.717) is 37.8 Å². The molecule has 1 aliphatic heterocycles. The molecular weight excluding hydrogens is 476 g/mol. The van der Waals surface area contributed by atoms with Crippen molar-refractivity contribution in [1.82, 2.24) is 14.3 Å². The van der Waals surface area contributed by atoms with Crippen LogP contribution in [0.4, 0.5) is 5.82 Å². The lowest BCUT2D eigenvalue weighted by atomic mass is 10.2. The van der Waals surface area contributed by atoms with Crippen LogP contribution in [-0.4, -0.2) is 31.1 Å². The molecule has 0 spiro atoms. The lowest BCUT2D eigenvalue weighted by molar-refractivity contribution is -0.122. The molecule has 1 N–H and O–H groups in total. The molecule has 0 radical (unpaired) electrons. The number of aromatic nitrogens is 2. The summed E-state index contributed by atoms with van der Waals surface area (Å²) < 4.78 is 1.94. The normalized spacial score (nSPS) is 15.1. The summed E-state index contributed by atoms with van der Waals surface area (Å²) in [5.74, 6) is 0.220. The highest BCUT2D eigenvalue weighted by Crippen LogP contribution is 2.34. The second-order valence-corrected chi connectivity index (χ2v) is 9.79. The summed E-state index contributed by atoms with van der Waals surface area (Å²) in [5.41, 5.74) is 2.39. The van der Waals surface area contributed by atoms with Crippen molar-refractivity contribution in [2.75, 3.05) is 11.9 Å². The molecule has 1 saturated heterocycles. The smallest absolute Gasteiger partial charge is 0.267 e. The maximum Gasteiger partial charge on any atom is 0.267 e. The number of pyridine rings is 1. The average molecular weight is 499 g/mol. The molecule has 0 bridgehead atoms. The zero-order valence-corrected chi connectivity index (χ0v) is 20.7. The SMILES string of the molecule is CCCCNc1nc2c(C)cccn2c(=O)c1/C=C1/SC(=S)N(Cc2ccccc2Cl)C1=O. The van der Waals surface area contributed by atoms with Crippen LogP contribution in [0.3, 0.4) is 0 Å². The maximum absolute atomic E-state index is 13.4. The summed E-state index contributed by atoms with van der Waals surface area (Å²) in [6.45, 7) is 4.97. The number of rotatable bonds is 7. The van der Waals surface area contributed by atoms with Gasteiger partial charge in [-0.25, -0.2) is 4.98 Å². The molecule has 3 aromatic rings. The van der Waals surface area contributed by atoms with Gasteiger partial charge in [-0.3, -0.25) is 18.9 Å². The summed E-state index contributed by atoms with van der Waals surface area (Å²) in [5, 5.41) is 3.85. The first-order valence-corrected chi connectivity index (χ1v) is 12.3. The van der Waals surface area contributed by atoms with Crippen LogP contribution >= 0.6 is 35.6 Å². The van der Waals surface area contributed by atoms with Gasteiger partial charge in [-0.1, -0.05) is 73.2 Å². The van der Waals surface area contributed by atoms with Crippen LogP contribution in [-0.2, 0) is 11.3 Å². The summed E-state index contributed by atoms with van der Waals surface area (Å²) >= 11 is 12.9. The van der Waals surface area contributed by atoms with Crippen LogP contribution in [0.25, 0.3) is 11.7 Å². The van der Waals surface area contributed by atoms with Crippen LogP contribution in [0.15, 0.2) is 52.3 Å². The second kappa shape index (κ2) is 10.1. The zero-order chi connectivity index (χ0) is 23.5. The largest absolute Gasteiger partial charge is 0.369 e. The Morgan fingerprint density at radius 1 is 1.21 bits per heavy atom. The van der Waals surface area contributed by atoms with Gasteiger partial charge in [-0.15, -0.1) is 0 Å². The maximum atomic E-state index is 13.4. The predicted molar refractivity (Wildman–Crippen MR) is 140 cm³/mol. The van der Waals surface area contributed by atoms with Gasteiger partial charge in [0.25, 0.3) is 11.5 Å². The van der Waals surface area contributed by atoms with Gasteiger partial charge >= 0.3 is 0 Å². The lowest BCUT2D eigenvalue weighted by Gasteiger charge is -2.15. The van der Waals surface area contributed by atoms with E-state index in [-0.39, 0.29) is 18.0 Å². The number of carbonyl (C=O) groups is 1. The Morgan fingerprint density at radius 3 is 2.76 bits per heavy atom. The minimum Gasteiger partial charge on any atom is -0.369 e. The number of benzene rings is 1. The zero-order valence-electron chi connectivity index (χ0n) is 18.3. The Bertz CT molecular complexity index is 1340. The first kappa shape index (κ1) is 23.5. The second-order valence-electron chi connectivity index (χ2n) is 7.70. The standard InChI is InChI=1S/C24H23ClN4O2S2/c1-3-4-11-26-20-17(22(30)28-12-7-8-15(2)21(28)27-20)13-19-23(31)29(24(32)33-19)14-16-9-5-6-10-18(16)25/h5-10,12-13,26H,3-4,11,14H2,1-2H3/b19-13+. The molecule has 0 saturated carbocycles. The van der Waals surface area contributed by atoms with Crippen molar-refractivity contribution >= 4 is 63.3 Å². The van der Waals surface area contributed by atoms with E-state index in [1.54, 1.807) is 18.3 Å². The van der Waals surface area contributed by atoms with Crippen LogP contribution in [0.5, 0.6) is 0 Å². The summed E-state index contributed by atoms with van der Waals surface area (Å²) in [4.78, 5) is 33.2. The molecule has 2 aromatic heterocycles. The minimum atomic E-state index is -0.252. The van der Waals surface area contributed by atoms with Crippen LogP contribution < -0.4 is 10.9 Å². The number of amides is 1. The Balaban J connectivity index is 1.74. The number of nitrogens with zero attached hydrogens (tertiary/aromatic N) is 3. The number of hydrogen-bond acceptors (Lipinski definition) is 6. The van der Waals surface area contributed by atoms with Crippen molar-refractivity contribution < 1.29 is 4.79 Å². The molecule has 6 nitrogen and oxygen atoms in total. The van der Waals surface area contributed by atoms with E-state index in [0.717, 1.165) is 24.0 Å². The number of aryl methyl sites for hydroxylation is 1. The Kier molecular flexibility index (Phi) is 7.17. The van der Waals surface area contributed by atoms with Gasteiger partial charge in [0.15, 0.2) is 0 Å². The van der Waals surface area contributed by atoms with Gasteiger partial charge in [0.1, 0.15) is 15.8 Å². The van der Waals surface area contributed by atoms with E-state index in [1.807, 2.05) is 37.3 Å². The van der Waals surface area contributed by atoms with Gasteiger partial charge in [0, 0.05) is 17.8 Å². The Morgan fingerprint density at radius 2 is 2.00 bits per heavy atom. The lowest BCUT2D eigenvalue weighted by Crippen LogP contribution is -2.27. The highest BCUT2D eigenvalue weighted by molar-refractivity contribution is 8.26. The summed E-state index contributed by atoms with van der Waals surface area (Å²) in [7, 11) is 0. The molecule has 1 aliphatic rings. The average Bonchev–Trinajstić information content (AvgIpc) is 3.06. The number of carbonyl (C=O) groups excluding carboxylic acids is 1. The van der Waals surface area contributed by atoms with Crippen LogP contribution in [0, 0.1) is 6.92 Å². The monoisotopic (exact) mass is 498 g/mol. The minimum absolute atomic E-state index is 0.237. The van der Waals surface area contributed by atoms with Crippen LogP contribution in [0.1, 0.15) is 36.5 Å². The summed E-state index contributed by atoms with van der Waals surface area (Å²) in [6.07, 6.45) is 5.24. The molecule has 0 aliphatic carbocycles. The van der Waals surface area contributed by atoms with E-state index < -0.39 is 0 Å². The first-order valence-electron chi connectivity index (χ1n) is 10.6. The van der Waals surface area contributed by atoms with Gasteiger partial charge < -0.3 is 5.32 Å². The fraction of sp³-hybridized carbons (Fsp3) is 0.250. The molecule has 1 aromatic carbocycles. The first-order chi connectivity index (χ1) is 15.9. The van der Waals surface area contributed by atoms with Gasteiger partial charge in [0.2, 0.25) is 0 Å². The van der Waals surface area contributed by atoms with Gasteiger partial charge in [0.05, 0.1) is 17.0 Å². The predicted octanol–water partition coefficient (Wildman–Crippen LogP) is 5.27. The van der Waals surface area contributed by atoms with Crippen molar-refractivity contribution in [3.8, 4) is 0 Å². The van der Waals surface area contributed by atoms with Crippen molar-refractivity contribution in [2.45, 2.75) is 33.2 Å². The summed E-state index contributed by atoms with van der Waals surface area (Å²) in [6, 6.07) is 11.1. The number of anilines is 1. The number of nitrogens with one attached hydrogen (secondary N) is 1. The fourth-order valence-corrected chi connectivity index (χ4v) is 4.96. The quantitative estimate of drug-likeness (QED) is 0.272. The number of unbranched alkanes of at least 4 members (excludes halogenated alkanes) is 1. The van der Waals surface area contributed by atoms with E-state index in [2.05, 4.69) is 12.2 Å². The molecule has 0 unspecified atom stereocenters. The molecule has 4 rings (SSSR count). The van der Waals surface area contributed by atoms with E-state index in [9.17, 15) is 9.59 Å². The Hall–Kier alpha value is -2.68. The van der Waals surface area contributed by atoms with Gasteiger partial charge in [-0.05, 0) is 42.7 Å². The highest BCUT2D eigenvalue weighted by atomic mass is 35.5. The number of fused-ring (bicyclic) bond motifs is 1. The van der Waals surface area contributed by atoms with Crippen LogP contribution in [0.2, 0.25) is 5.02 Å². The highest BCUT2D eigenvalue weighted by Gasteiger charge is 2.33. The third-order valence-corrected chi connectivity index (χ3v) is 7.09. The molecule has 1 fully saturated rings. The number of halogens is 1. The van der Waals surface area contributed by atoms with Crippen molar-refractivity contribution in [2.24, 2.45) is 0 Å². The van der Waals surface area contributed by atoms with Gasteiger partial charge in [-0.2, -0.15) is 0 Å². The van der Waals surface area contributed by atoms with E-state index in [4.69, 9.17) is 28.8 Å². The fourth-order valence-electron chi connectivity index (χ4n) is 3.52. The molecule has 1 amide bonds. The number of thiocarbonyl (C=S) groups is 1. The Labute approximate surface area is 206 Å². The third kappa shape index (κ3) is 4.83. The van der Waals surface area contributed by atoms with E-state index >= 15 is 0 Å². The number of hydrogen-bond donors (Lipinski definition) is 1. The van der Waals surface area contributed by atoms with Crippen molar-refractivity contribution in [1.29, 1.82) is 0 Å². The van der Waals surface area contributed by atoms with Crippen molar-refractivity contribution in [3.05, 3.63) is 79.6 Å². The molecular formula is C24H23ClN4O2S2. The molecule has 3 heterocycles. The topological polar surface area (TPSA) is 66.7 Å². The molecule has 0 atom stereocenters. The molecule has 9 heteroatoms. The third-order valence-electron chi connectivity index (χ3n) is 5.34. The molecule has 33 heavy (non-hydrogen) atoms. The van der Waals surface area contributed by atoms with E-state index in [1.165, 1.54) is 21.1 Å². The van der Waals surface area contributed by atoms with Crippen molar-refractivity contribution in [3.63, 3.8) is 0 Å². The number of thioether (sulfide) groups is 1. The molecule has 170 valence electrons.